The molecule has 1 heterocycles. The molecule has 27 heavy (non-hydrogen) atoms. The van der Waals surface area contributed by atoms with Crippen LogP contribution in [-0.2, 0) is 4.79 Å². The number of hydrogen-bond acceptors (Lipinski definition) is 4. The van der Waals surface area contributed by atoms with Crippen molar-refractivity contribution < 1.29 is 13.9 Å². The number of aryl methyl sites for hydroxylation is 1. The first-order valence-corrected chi connectivity index (χ1v) is 8.95. The molecular formula is C22H23NO4. The highest BCUT2D eigenvalue weighted by molar-refractivity contribution is 5.94. The first kappa shape index (κ1) is 18.7. The van der Waals surface area contributed by atoms with E-state index in [2.05, 4.69) is 5.32 Å². The molecule has 0 unspecified atom stereocenters. The summed E-state index contributed by atoms with van der Waals surface area (Å²) in [5.74, 6) is 0.416. The van der Waals surface area contributed by atoms with Crippen LogP contribution in [-0.4, -0.2) is 12.0 Å². The molecule has 1 N–H and O–H groups in total. The first-order valence-electron chi connectivity index (χ1n) is 8.95. The predicted molar refractivity (Wildman–Crippen MR) is 106 cm³/mol. The minimum Gasteiger partial charge on any atom is -0.481 e. The van der Waals surface area contributed by atoms with Gasteiger partial charge in [0.15, 0.2) is 6.10 Å². The monoisotopic (exact) mass is 365 g/mol. The number of carbonyl (C=O) groups excluding carboxylic acids is 1. The average molecular weight is 365 g/mol. The third kappa shape index (κ3) is 4.37. The Hall–Kier alpha value is -3.08. The molecule has 5 heteroatoms. The summed E-state index contributed by atoms with van der Waals surface area (Å²) in [4.78, 5) is 24.2. The molecule has 3 aromatic rings. The highest BCUT2D eigenvalue weighted by Gasteiger charge is 2.16. The maximum Gasteiger partial charge on any atom is 0.336 e. The molecule has 0 aliphatic heterocycles. The SMILES string of the molecule is Cc1cccc(NC(=O)[C@H](C)Oc2ccc3c(C(C)C)cc(=O)oc3c2)c1. The quantitative estimate of drug-likeness (QED) is 0.669. The zero-order valence-corrected chi connectivity index (χ0v) is 15.9. The largest absolute Gasteiger partial charge is 0.481 e. The van der Waals surface area contributed by atoms with Crippen LogP contribution < -0.4 is 15.7 Å². The molecule has 0 aliphatic carbocycles. The van der Waals surface area contributed by atoms with Crippen molar-refractivity contribution in [3.05, 3.63) is 70.1 Å². The van der Waals surface area contributed by atoms with Crippen LogP contribution in [0.2, 0.25) is 0 Å². The smallest absolute Gasteiger partial charge is 0.336 e. The van der Waals surface area contributed by atoms with E-state index in [1.54, 1.807) is 19.1 Å². The van der Waals surface area contributed by atoms with Crippen molar-refractivity contribution in [3.8, 4) is 5.75 Å². The Morgan fingerprint density at radius 3 is 2.56 bits per heavy atom. The van der Waals surface area contributed by atoms with E-state index in [1.807, 2.05) is 51.1 Å². The fourth-order valence-corrected chi connectivity index (χ4v) is 2.94. The van der Waals surface area contributed by atoms with E-state index in [1.165, 1.54) is 6.07 Å². The molecule has 140 valence electrons. The van der Waals surface area contributed by atoms with Gasteiger partial charge in [-0.3, -0.25) is 4.79 Å². The number of amides is 1. The fraction of sp³-hybridized carbons (Fsp3) is 0.273. The standard InChI is InChI=1S/C22H23NO4/c1-13(2)19-12-21(24)27-20-11-17(8-9-18(19)20)26-15(4)22(25)23-16-7-5-6-14(3)10-16/h5-13,15H,1-4H3,(H,23,25)/t15-/m0/s1. The van der Waals surface area contributed by atoms with E-state index < -0.39 is 11.7 Å². The van der Waals surface area contributed by atoms with Crippen molar-refractivity contribution >= 4 is 22.6 Å². The van der Waals surface area contributed by atoms with Crippen LogP contribution in [0.1, 0.15) is 37.8 Å². The molecule has 0 bridgehead atoms. The molecule has 0 saturated heterocycles. The fourth-order valence-electron chi connectivity index (χ4n) is 2.94. The van der Waals surface area contributed by atoms with Gasteiger partial charge in [-0.1, -0.05) is 26.0 Å². The highest BCUT2D eigenvalue weighted by Crippen LogP contribution is 2.27. The van der Waals surface area contributed by atoms with Gasteiger partial charge in [0.25, 0.3) is 5.91 Å². The Morgan fingerprint density at radius 1 is 1.07 bits per heavy atom. The summed E-state index contributed by atoms with van der Waals surface area (Å²) in [6.07, 6.45) is -0.706. The Bertz CT molecular complexity index is 1040. The number of rotatable bonds is 5. The van der Waals surface area contributed by atoms with E-state index in [9.17, 15) is 9.59 Å². The Kier molecular flexibility index (Phi) is 5.31. The number of fused-ring (bicyclic) bond motifs is 1. The molecule has 3 rings (SSSR count). The summed E-state index contributed by atoms with van der Waals surface area (Å²) in [6, 6.07) is 14.4. The third-order valence-corrected chi connectivity index (χ3v) is 4.34. The number of benzene rings is 2. The van der Waals surface area contributed by atoms with Crippen LogP contribution >= 0.6 is 0 Å². The van der Waals surface area contributed by atoms with Crippen molar-refractivity contribution in [2.45, 2.75) is 39.7 Å². The van der Waals surface area contributed by atoms with Gasteiger partial charge in [-0.05, 0) is 55.2 Å². The summed E-state index contributed by atoms with van der Waals surface area (Å²) in [5, 5.41) is 3.70. The van der Waals surface area contributed by atoms with Gasteiger partial charge in [-0.15, -0.1) is 0 Å². The molecule has 2 aromatic carbocycles. The van der Waals surface area contributed by atoms with Gasteiger partial charge in [0.1, 0.15) is 11.3 Å². The lowest BCUT2D eigenvalue weighted by Gasteiger charge is -2.16. The van der Waals surface area contributed by atoms with Crippen LogP contribution in [0.5, 0.6) is 5.75 Å². The molecule has 0 radical (unpaired) electrons. The first-order chi connectivity index (χ1) is 12.8. The lowest BCUT2D eigenvalue weighted by atomic mass is 10.00. The minimum atomic E-state index is -0.706. The van der Waals surface area contributed by atoms with Gasteiger partial charge in [0.2, 0.25) is 0 Å². The van der Waals surface area contributed by atoms with Gasteiger partial charge in [-0.2, -0.15) is 0 Å². The van der Waals surface area contributed by atoms with Crippen LogP contribution in [0.15, 0.2) is 57.7 Å². The lowest BCUT2D eigenvalue weighted by Crippen LogP contribution is -2.30. The molecule has 1 amide bonds. The zero-order chi connectivity index (χ0) is 19.6. The van der Waals surface area contributed by atoms with Crippen LogP contribution in [0.4, 0.5) is 5.69 Å². The predicted octanol–water partition coefficient (Wildman–Crippen LogP) is 4.63. The summed E-state index contributed by atoms with van der Waals surface area (Å²) >= 11 is 0. The molecular weight excluding hydrogens is 342 g/mol. The van der Waals surface area contributed by atoms with Crippen LogP contribution in [0.25, 0.3) is 11.0 Å². The second kappa shape index (κ2) is 7.66. The second-order valence-corrected chi connectivity index (χ2v) is 6.95. The minimum absolute atomic E-state index is 0.197. The summed E-state index contributed by atoms with van der Waals surface area (Å²) in [6.45, 7) is 7.69. The third-order valence-electron chi connectivity index (χ3n) is 4.34. The van der Waals surface area contributed by atoms with Crippen LogP contribution in [0.3, 0.4) is 0 Å². The highest BCUT2D eigenvalue weighted by atomic mass is 16.5. The van der Waals surface area contributed by atoms with E-state index in [0.717, 1.165) is 22.2 Å². The average Bonchev–Trinajstić information content (AvgIpc) is 2.60. The Balaban J connectivity index is 1.79. The Labute approximate surface area is 158 Å². The molecule has 0 aliphatic rings. The zero-order valence-electron chi connectivity index (χ0n) is 15.9. The van der Waals surface area contributed by atoms with Gasteiger partial charge in [0.05, 0.1) is 0 Å². The second-order valence-electron chi connectivity index (χ2n) is 6.95. The van der Waals surface area contributed by atoms with Gasteiger partial charge in [-0.25, -0.2) is 4.79 Å². The number of ether oxygens (including phenoxy) is 1. The maximum absolute atomic E-state index is 12.4. The van der Waals surface area contributed by atoms with Crippen molar-refractivity contribution in [3.63, 3.8) is 0 Å². The van der Waals surface area contributed by atoms with Crippen molar-refractivity contribution in [1.82, 2.24) is 0 Å². The number of nitrogens with one attached hydrogen (secondary N) is 1. The van der Waals surface area contributed by atoms with E-state index in [-0.39, 0.29) is 11.8 Å². The molecule has 1 aromatic heterocycles. The maximum atomic E-state index is 12.4. The topological polar surface area (TPSA) is 68.5 Å². The van der Waals surface area contributed by atoms with Crippen LogP contribution in [0, 0.1) is 6.92 Å². The van der Waals surface area contributed by atoms with Gasteiger partial charge < -0.3 is 14.5 Å². The van der Waals surface area contributed by atoms with Crippen molar-refractivity contribution in [2.24, 2.45) is 0 Å². The lowest BCUT2D eigenvalue weighted by molar-refractivity contribution is -0.122. The van der Waals surface area contributed by atoms with E-state index in [4.69, 9.17) is 9.15 Å². The molecule has 0 fully saturated rings. The normalized spacial score (nSPS) is 12.2. The number of carbonyl (C=O) groups is 1. The summed E-state index contributed by atoms with van der Waals surface area (Å²) < 4.78 is 11.1. The van der Waals surface area contributed by atoms with Gasteiger partial charge >= 0.3 is 5.63 Å². The summed E-state index contributed by atoms with van der Waals surface area (Å²) in [5.41, 5.74) is 2.77. The molecule has 1 atom stereocenters. The molecule has 0 spiro atoms. The Morgan fingerprint density at radius 2 is 1.85 bits per heavy atom. The van der Waals surface area contributed by atoms with Gasteiger partial charge in [0, 0.05) is 23.2 Å². The van der Waals surface area contributed by atoms with Crippen molar-refractivity contribution in [1.29, 1.82) is 0 Å². The van der Waals surface area contributed by atoms with E-state index in [0.29, 0.717) is 11.3 Å². The molecule has 0 saturated carbocycles. The molecule has 5 nitrogen and oxygen atoms in total. The number of anilines is 1. The summed E-state index contributed by atoms with van der Waals surface area (Å²) in [7, 11) is 0. The number of hydrogen-bond donors (Lipinski definition) is 1. The van der Waals surface area contributed by atoms with E-state index >= 15 is 0 Å². The van der Waals surface area contributed by atoms with Crippen molar-refractivity contribution in [2.75, 3.05) is 5.32 Å².